The van der Waals surface area contributed by atoms with Gasteiger partial charge in [-0.25, -0.2) is 29.1 Å². The second-order valence-electron chi connectivity index (χ2n) is 14.2. The molecule has 23 nitrogen and oxygen atoms in total. The van der Waals surface area contributed by atoms with E-state index in [0.29, 0.717) is 27.7 Å². The highest BCUT2D eigenvalue weighted by atomic mass is 35.5. The summed E-state index contributed by atoms with van der Waals surface area (Å²) in [6, 6.07) is 14.1. The number of nitrogens with one attached hydrogen (secondary N) is 2. The van der Waals surface area contributed by atoms with Gasteiger partial charge in [-0.05, 0) is 55.8 Å². The Kier molecular flexibility index (Phi) is 23.8. The van der Waals surface area contributed by atoms with E-state index in [9.17, 15) is 66.3 Å². The van der Waals surface area contributed by atoms with Gasteiger partial charge in [0.15, 0.2) is 18.2 Å². The van der Waals surface area contributed by atoms with Crippen LogP contribution in [-0.2, 0) is 44.0 Å². The van der Waals surface area contributed by atoms with Crippen LogP contribution in [0.5, 0.6) is 5.75 Å². The van der Waals surface area contributed by atoms with E-state index in [2.05, 4.69) is 26.7 Å². The number of aliphatic hydroxyl groups is 2. The Balaban J connectivity index is 0.00000114. The van der Waals surface area contributed by atoms with Crippen LogP contribution in [0.3, 0.4) is 0 Å². The standard InChI is InChI=1S/C38H40ClN9O10S.2C2HF3O2/c1-19(49)32(46-29(51)13-42)37(53)57-17-26(58-38(54)33(20(2)50)47-30(52)14-43)16-55-25-9-5-21(6-10-25)31-27(11-40)34(44)48-36(28(31)12-41)59-18-24-15-56-35(45-24)22-3-7-23(39)8-4-22;2*3-2(4,5)1(6)7/h3-10,15,19-20,26,32-33,49-50H,13-14,16-18,42-43H2,1-2H3,(H2,44,48)(H,46,51)(H,47,52);2*(H,6,7)/t19-,20?,26+,32+,33?;;/m1../s1. The van der Waals surface area contributed by atoms with Gasteiger partial charge in [0.1, 0.15) is 53.8 Å². The summed E-state index contributed by atoms with van der Waals surface area (Å²) in [4.78, 5) is 76.3. The number of hydrogen-bond donors (Lipinski definition) is 9. The molecule has 0 bridgehead atoms. The van der Waals surface area contributed by atoms with Crippen molar-refractivity contribution in [3.8, 4) is 40.5 Å². The van der Waals surface area contributed by atoms with Crippen molar-refractivity contribution < 1.29 is 94.2 Å². The fourth-order valence-corrected chi connectivity index (χ4v) is 6.17. The minimum atomic E-state index is -5.08. The van der Waals surface area contributed by atoms with Crippen molar-refractivity contribution >= 4 is 64.9 Å². The topological polar surface area (TPSA) is 400 Å². The van der Waals surface area contributed by atoms with Crippen molar-refractivity contribution in [1.29, 1.82) is 10.5 Å². The SMILES string of the molecule is CC(O)C(NC(=O)CN)C(=O)O[C@H](COC(=O)[C@@H](NC(=O)CN)[C@@H](C)O)COc1ccc(-c2c(C#N)c(N)nc(SCc3coc(-c4ccc(Cl)cc4)n3)c2C#N)cc1.O=C(O)C(F)(F)F.O=C(O)C(F)(F)F. The molecular weight excluding hydrogens is 1040 g/mol. The van der Waals surface area contributed by atoms with Crippen molar-refractivity contribution in [1.82, 2.24) is 20.6 Å². The predicted octanol–water partition coefficient (Wildman–Crippen LogP) is 2.42. The monoisotopic (exact) mass is 1080 g/mol. The number of aromatic nitrogens is 2. The van der Waals surface area contributed by atoms with Crippen LogP contribution in [0.4, 0.5) is 32.2 Å². The first kappa shape index (κ1) is 61.4. The van der Waals surface area contributed by atoms with Crippen molar-refractivity contribution in [2.45, 2.75) is 67.4 Å². The number of benzene rings is 2. The normalized spacial score (nSPS) is 13.0. The van der Waals surface area contributed by atoms with Crippen molar-refractivity contribution in [3.05, 3.63) is 76.6 Å². The molecular formula is C42H42ClF6N9O14S. The van der Waals surface area contributed by atoms with Crippen molar-refractivity contribution in [2.24, 2.45) is 11.5 Å². The van der Waals surface area contributed by atoms with Gasteiger partial charge in [0.05, 0.1) is 36.6 Å². The van der Waals surface area contributed by atoms with Gasteiger partial charge in [-0.15, -0.1) is 0 Å². The lowest BCUT2D eigenvalue weighted by Crippen LogP contribution is -2.52. The molecule has 4 aromatic rings. The van der Waals surface area contributed by atoms with Crippen LogP contribution in [0.25, 0.3) is 22.6 Å². The molecule has 394 valence electrons. The van der Waals surface area contributed by atoms with Crippen LogP contribution in [0.2, 0.25) is 5.02 Å². The molecule has 2 amide bonds. The fourth-order valence-electron chi connectivity index (χ4n) is 5.18. The number of carboxylic acid groups (broad SMARTS) is 2. The number of oxazole rings is 1. The molecule has 0 spiro atoms. The number of nitrogen functional groups attached to an aromatic ring is 1. The summed E-state index contributed by atoms with van der Waals surface area (Å²) in [6.45, 7) is 0.386. The fraction of sp³-hybridized carbons (Fsp3) is 0.333. The summed E-state index contributed by atoms with van der Waals surface area (Å²) >= 11 is 7.15. The quantitative estimate of drug-likeness (QED) is 0.0370. The molecule has 0 saturated carbocycles. The van der Waals surface area contributed by atoms with E-state index in [1.54, 1.807) is 36.4 Å². The van der Waals surface area contributed by atoms with Crippen LogP contribution in [0, 0.1) is 22.7 Å². The number of rotatable bonds is 19. The number of nitrogens with zero attached hydrogens (tertiary/aromatic N) is 4. The second-order valence-corrected chi connectivity index (χ2v) is 15.6. The summed E-state index contributed by atoms with van der Waals surface area (Å²) in [5, 5.41) is 60.0. The highest BCUT2D eigenvalue weighted by Gasteiger charge is 2.39. The predicted molar refractivity (Wildman–Crippen MR) is 239 cm³/mol. The number of pyridine rings is 1. The smallest absolute Gasteiger partial charge is 0.490 e. The van der Waals surface area contributed by atoms with Crippen LogP contribution in [-0.4, -0.2) is 135 Å². The molecule has 0 aliphatic rings. The molecule has 2 aromatic carbocycles. The van der Waals surface area contributed by atoms with E-state index < -0.39 is 105 Å². The maximum atomic E-state index is 13.1. The number of thioether (sulfide) groups is 1. The Hall–Kier alpha value is -7.74. The zero-order valence-electron chi connectivity index (χ0n) is 37.6. The van der Waals surface area contributed by atoms with E-state index in [0.717, 1.165) is 0 Å². The number of aliphatic hydroxyl groups excluding tert-OH is 2. The van der Waals surface area contributed by atoms with E-state index in [4.69, 9.17) is 67.2 Å². The number of esters is 2. The lowest BCUT2D eigenvalue weighted by Gasteiger charge is -2.25. The molecule has 0 radical (unpaired) electrons. The van der Waals surface area contributed by atoms with Gasteiger partial charge in [-0.3, -0.25) is 9.59 Å². The summed E-state index contributed by atoms with van der Waals surface area (Å²) in [5.41, 5.74) is 18.8. The number of nitriles is 2. The van der Waals surface area contributed by atoms with E-state index in [-0.39, 0.29) is 39.0 Å². The van der Waals surface area contributed by atoms with Gasteiger partial charge >= 0.3 is 36.2 Å². The van der Waals surface area contributed by atoms with Crippen LogP contribution in [0.15, 0.2) is 64.2 Å². The molecule has 0 saturated heterocycles. The molecule has 2 heterocycles. The maximum Gasteiger partial charge on any atom is 0.490 e. The lowest BCUT2D eigenvalue weighted by atomic mass is 9.97. The largest absolute Gasteiger partial charge is 0.490 e. The number of aliphatic carboxylic acids is 2. The number of carbonyl (C=O) groups excluding carboxylic acids is 4. The van der Waals surface area contributed by atoms with E-state index in [1.165, 1.54) is 44.0 Å². The molecule has 2 aromatic heterocycles. The Bertz CT molecular complexity index is 2620. The Morgan fingerprint density at radius 3 is 1.71 bits per heavy atom. The van der Waals surface area contributed by atoms with Crippen LogP contribution >= 0.6 is 23.4 Å². The number of carboxylic acids is 2. The molecule has 12 N–H and O–H groups in total. The molecule has 0 fully saturated rings. The van der Waals surface area contributed by atoms with Crippen molar-refractivity contribution in [3.63, 3.8) is 0 Å². The van der Waals surface area contributed by atoms with Gasteiger partial charge < -0.3 is 66.9 Å². The molecule has 0 aliphatic heterocycles. The van der Waals surface area contributed by atoms with Gasteiger partial charge in [0.2, 0.25) is 17.7 Å². The minimum absolute atomic E-state index is 0.0348. The summed E-state index contributed by atoms with van der Waals surface area (Å²) in [5.74, 6) is -8.53. The summed E-state index contributed by atoms with van der Waals surface area (Å²) in [7, 11) is 0. The minimum Gasteiger partial charge on any atom is -0.490 e. The van der Waals surface area contributed by atoms with Gasteiger partial charge in [-0.2, -0.15) is 36.9 Å². The molecule has 5 atom stereocenters. The van der Waals surface area contributed by atoms with E-state index in [1.807, 2.05) is 6.07 Å². The molecule has 31 heteroatoms. The number of alkyl halides is 6. The first-order chi connectivity index (χ1) is 34.1. The van der Waals surface area contributed by atoms with Gasteiger partial charge in [0.25, 0.3) is 0 Å². The first-order valence-corrected chi connectivity index (χ1v) is 21.5. The number of nitrogens with two attached hydrogens (primary N) is 3. The van der Waals surface area contributed by atoms with Gasteiger partial charge in [0, 0.05) is 21.9 Å². The first-order valence-electron chi connectivity index (χ1n) is 20.1. The number of amides is 2. The molecule has 73 heavy (non-hydrogen) atoms. The zero-order chi connectivity index (χ0) is 55.4. The Morgan fingerprint density at radius 1 is 0.781 bits per heavy atom. The molecule has 0 aliphatic carbocycles. The lowest BCUT2D eigenvalue weighted by molar-refractivity contribution is -0.193. The van der Waals surface area contributed by atoms with Crippen LogP contribution < -0.4 is 32.6 Å². The second kappa shape index (κ2) is 28.3. The van der Waals surface area contributed by atoms with E-state index >= 15 is 0 Å². The van der Waals surface area contributed by atoms with Gasteiger partial charge in [-0.1, -0.05) is 35.5 Å². The Labute approximate surface area is 417 Å². The number of hydrogen-bond acceptors (Lipinski definition) is 20. The average Bonchev–Trinajstić information content (AvgIpc) is 3.81. The summed E-state index contributed by atoms with van der Waals surface area (Å²) < 4.78 is 85.6. The maximum absolute atomic E-state index is 13.1. The molecule has 4 rings (SSSR count). The summed E-state index contributed by atoms with van der Waals surface area (Å²) in [6.07, 6.45) is -12.9. The number of halogens is 7. The number of anilines is 1. The highest BCUT2D eigenvalue weighted by molar-refractivity contribution is 7.98. The third-order valence-electron chi connectivity index (χ3n) is 8.65. The third-order valence-corrected chi connectivity index (χ3v) is 9.91. The Morgan fingerprint density at radius 2 is 1.26 bits per heavy atom. The molecule has 2 unspecified atom stereocenters. The highest BCUT2D eigenvalue weighted by Crippen LogP contribution is 2.37. The average molecular weight is 1080 g/mol. The van der Waals surface area contributed by atoms with Crippen LogP contribution in [0.1, 0.15) is 30.7 Å². The number of carbonyl (C=O) groups is 6. The number of ether oxygens (including phenoxy) is 3. The van der Waals surface area contributed by atoms with Crippen molar-refractivity contribution in [2.75, 3.05) is 32.0 Å². The zero-order valence-corrected chi connectivity index (χ0v) is 39.1. The third kappa shape index (κ3) is 19.8.